The van der Waals surface area contributed by atoms with Crippen LogP contribution in [-0.4, -0.2) is 54.5 Å². The predicted octanol–water partition coefficient (Wildman–Crippen LogP) is 1.78. The summed E-state index contributed by atoms with van der Waals surface area (Å²) in [4.78, 5) is 17.9. The summed E-state index contributed by atoms with van der Waals surface area (Å²) < 4.78 is 0. The van der Waals surface area contributed by atoms with E-state index in [1.165, 1.54) is 4.88 Å². The monoisotopic (exact) mass is 295 g/mol. The Morgan fingerprint density at radius 3 is 2.80 bits per heavy atom. The summed E-state index contributed by atoms with van der Waals surface area (Å²) in [5.74, 6) is 0.295. The molecule has 1 saturated heterocycles. The molecule has 1 fully saturated rings. The maximum Gasteiger partial charge on any atom is 0.223 e. The van der Waals surface area contributed by atoms with Crippen LogP contribution < -0.4 is 5.32 Å². The fourth-order valence-electron chi connectivity index (χ4n) is 2.43. The Morgan fingerprint density at radius 1 is 1.45 bits per heavy atom. The van der Waals surface area contributed by atoms with Gasteiger partial charge in [0.1, 0.15) is 0 Å². The van der Waals surface area contributed by atoms with Gasteiger partial charge in [-0.05, 0) is 25.3 Å². The summed E-state index contributed by atoms with van der Waals surface area (Å²) in [5.41, 5.74) is 0. The maximum absolute atomic E-state index is 12.2. The topological polar surface area (TPSA) is 35.6 Å². The molecular weight excluding hydrogens is 270 g/mol. The van der Waals surface area contributed by atoms with Crippen molar-refractivity contribution in [2.75, 3.05) is 32.7 Å². The number of hydrogen-bond donors (Lipinski definition) is 1. The average Bonchev–Trinajstić information content (AvgIpc) is 2.96. The minimum atomic E-state index is 0.295. The Kier molecular flexibility index (Phi) is 6.01. The quantitative estimate of drug-likeness (QED) is 0.869. The highest BCUT2D eigenvalue weighted by Gasteiger charge is 2.18. The van der Waals surface area contributed by atoms with Crippen molar-refractivity contribution >= 4 is 17.2 Å². The maximum atomic E-state index is 12.2. The molecule has 4 nitrogen and oxygen atoms in total. The fourth-order valence-corrected chi connectivity index (χ4v) is 3.16. The van der Waals surface area contributed by atoms with E-state index in [-0.39, 0.29) is 0 Å². The fraction of sp³-hybridized carbons (Fsp3) is 0.667. The number of nitrogens with zero attached hydrogens (tertiary/aromatic N) is 2. The lowest BCUT2D eigenvalue weighted by atomic mass is 10.2. The summed E-state index contributed by atoms with van der Waals surface area (Å²) in [5, 5.41) is 5.39. The second-order valence-electron chi connectivity index (χ2n) is 5.52. The largest absolute Gasteiger partial charge is 0.340 e. The second-order valence-corrected chi connectivity index (χ2v) is 6.56. The van der Waals surface area contributed by atoms with Crippen LogP contribution in [0, 0.1) is 0 Å². The molecule has 1 aromatic rings. The molecule has 1 aliphatic heterocycles. The second kappa shape index (κ2) is 7.76. The summed E-state index contributed by atoms with van der Waals surface area (Å²) in [6.07, 6.45) is 0.629. The number of carbonyl (C=O) groups excluding carboxylic acids is 1. The summed E-state index contributed by atoms with van der Waals surface area (Å²) >= 11 is 1.79. The Hall–Kier alpha value is -0.910. The van der Waals surface area contributed by atoms with Gasteiger partial charge in [-0.3, -0.25) is 9.69 Å². The molecule has 112 valence electrons. The normalized spacial score (nSPS) is 16.1. The number of rotatable bonds is 6. The number of hydrogen-bond acceptors (Lipinski definition) is 4. The molecule has 0 aromatic carbocycles. The average molecular weight is 295 g/mol. The van der Waals surface area contributed by atoms with Gasteiger partial charge in [0.15, 0.2) is 0 Å². The molecule has 0 saturated carbocycles. The third-order valence-corrected chi connectivity index (χ3v) is 4.61. The van der Waals surface area contributed by atoms with Gasteiger partial charge in [0.05, 0.1) is 0 Å². The van der Waals surface area contributed by atoms with Crippen LogP contribution in [0.1, 0.15) is 25.1 Å². The lowest BCUT2D eigenvalue weighted by Crippen LogP contribution is -2.47. The smallest absolute Gasteiger partial charge is 0.223 e. The van der Waals surface area contributed by atoms with E-state index in [4.69, 9.17) is 0 Å². The molecule has 0 radical (unpaired) electrons. The first-order chi connectivity index (χ1) is 9.66. The zero-order chi connectivity index (χ0) is 14.4. The van der Waals surface area contributed by atoms with Crippen LogP contribution in [-0.2, 0) is 11.3 Å². The minimum absolute atomic E-state index is 0.295. The van der Waals surface area contributed by atoms with Crippen molar-refractivity contribution in [2.24, 2.45) is 0 Å². The van der Waals surface area contributed by atoms with Gasteiger partial charge in [-0.1, -0.05) is 6.07 Å². The van der Waals surface area contributed by atoms with Crippen LogP contribution in [0.4, 0.5) is 0 Å². The van der Waals surface area contributed by atoms with Crippen molar-refractivity contribution in [3.8, 4) is 0 Å². The van der Waals surface area contributed by atoms with Crippen LogP contribution in [0.15, 0.2) is 17.5 Å². The predicted molar refractivity (Wildman–Crippen MR) is 83.9 cm³/mol. The molecule has 1 amide bonds. The summed E-state index contributed by atoms with van der Waals surface area (Å²) in [6.45, 7) is 9.74. The van der Waals surface area contributed by atoms with Crippen molar-refractivity contribution in [1.29, 1.82) is 0 Å². The van der Waals surface area contributed by atoms with Crippen molar-refractivity contribution in [3.63, 3.8) is 0 Å². The van der Waals surface area contributed by atoms with Gasteiger partial charge < -0.3 is 10.2 Å². The van der Waals surface area contributed by atoms with Crippen molar-refractivity contribution in [3.05, 3.63) is 22.4 Å². The lowest BCUT2D eigenvalue weighted by Gasteiger charge is -2.30. The van der Waals surface area contributed by atoms with Crippen molar-refractivity contribution in [2.45, 2.75) is 32.9 Å². The first kappa shape index (κ1) is 15.5. The molecule has 5 heteroatoms. The number of nitrogens with one attached hydrogen (secondary N) is 1. The zero-order valence-electron chi connectivity index (χ0n) is 12.5. The Labute approximate surface area is 125 Å². The van der Waals surface area contributed by atoms with E-state index in [0.29, 0.717) is 18.4 Å². The van der Waals surface area contributed by atoms with Gasteiger partial charge in [-0.2, -0.15) is 0 Å². The number of carbonyl (C=O) groups is 1. The highest BCUT2D eigenvalue weighted by Crippen LogP contribution is 2.14. The summed E-state index contributed by atoms with van der Waals surface area (Å²) in [7, 11) is 0. The van der Waals surface area contributed by atoms with Crippen LogP contribution in [0.25, 0.3) is 0 Å². The SMILES string of the molecule is CC(C)N(CCC(=O)N1CCNCC1)Cc1cccs1. The molecule has 0 bridgehead atoms. The van der Waals surface area contributed by atoms with E-state index in [2.05, 4.69) is 41.6 Å². The van der Waals surface area contributed by atoms with Crippen LogP contribution in [0.3, 0.4) is 0 Å². The molecule has 1 aromatic heterocycles. The van der Waals surface area contributed by atoms with Gasteiger partial charge in [-0.25, -0.2) is 0 Å². The standard InChI is InChI=1S/C15H25N3OS/c1-13(2)18(12-14-4-3-11-20-14)8-5-15(19)17-9-6-16-7-10-17/h3-4,11,13,16H,5-10,12H2,1-2H3. The highest BCUT2D eigenvalue weighted by atomic mass is 32.1. The zero-order valence-corrected chi connectivity index (χ0v) is 13.3. The molecule has 2 rings (SSSR count). The Balaban J connectivity index is 1.80. The van der Waals surface area contributed by atoms with E-state index < -0.39 is 0 Å². The van der Waals surface area contributed by atoms with E-state index >= 15 is 0 Å². The van der Waals surface area contributed by atoms with E-state index in [1.807, 2.05) is 4.90 Å². The van der Waals surface area contributed by atoms with Gasteiger partial charge in [0, 0.05) is 56.6 Å². The minimum Gasteiger partial charge on any atom is -0.340 e. The molecule has 1 N–H and O–H groups in total. The van der Waals surface area contributed by atoms with Crippen molar-refractivity contribution in [1.82, 2.24) is 15.1 Å². The Bertz CT molecular complexity index is 399. The third-order valence-electron chi connectivity index (χ3n) is 3.75. The molecule has 0 unspecified atom stereocenters. The van der Waals surface area contributed by atoms with E-state index in [0.717, 1.165) is 39.3 Å². The molecule has 0 spiro atoms. The molecule has 0 aliphatic carbocycles. The molecule has 20 heavy (non-hydrogen) atoms. The van der Waals surface area contributed by atoms with Crippen LogP contribution in [0.2, 0.25) is 0 Å². The molecule has 2 heterocycles. The summed E-state index contributed by atoms with van der Waals surface area (Å²) in [6, 6.07) is 4.72. The van der Waals surface area contributed by atoms with Crippen LogP contribution >= 0.6 is 11.3 Å². The number of piperazine rings is 1. The lowest BCUT2D eigenvalue weighted by molar-refractivity contribution is -0.132. The third kappa shape index (κ3) is 4.58. The van der Waals surface area contributed by atoms with Crippen LogP contribution in [0.5, 0.6) is 0 Å². The Morgan fingerprint density at radius 2 is 2.20 bits per heavy atom. The van der Waals surface area contributed by atoms with Gasteiger partial charge in [0.2, 0.25) is 5.91 Å². The highest BCUT2D eigenvalue weighted by molar-refractivity contribution is 7.09. The molecule has 0 atom stereocenters. The van der Waals surface area contributed by atoms with Gasteiger partial charge >= 0.3 is 0 Å². The number of amides is 1. The first-order valence-corrected chi connectivity index (χ1v) is 8.29. The van der Waals surface area contributed by atoms with Gasteiger partial charge in [-0.15, -0.1) is 11.3 Å². The van der Waals surface area contributed by atoms with Gasteiger partial charge in [0.25, 0.3) is 0 Å². The molecule has 1 aliphatic rings. The molecular formula is C15H25N3OS. The van der Waals surface area contributed by atoms with E-state index in [1.54, 1.807) is 11.3 Å². The van der Waals surface area contributed by atoms with E-state index in [9.17, 15) is 4.79 Å². The first-order valence-electron chi connectivity index (χ1n) is 7.41. The van der Waals surface area contributed by atoms with Crippen molar-refractivity contribution < 1.29 is 4.79 Å². The number of thiophene rings is 1.